The molecular weight excluding hydrogens is 469 g/mol. The average molecular weight is 502 g/mol. The molecule has 0 aliphatic carbocycles. The van der Waals surface area contributed by atoms with Crippen LogP contribution in [-0.4, -0.2) is 78.4 Å². The first-order valence-electron chi connectivity index (χ1n) is 12.2. The molecular formula is C26H32FN3O4S. The van der Waals surface area contributed by atoms with Crippen LogP contribution in [0.5, 0.6) is 0 Å². The number of amides is 2. The van der Waals surface area contributed by atoms with Crippen LogP contribution in [-0.2, 0) is 25.5 Å². The van der Waals surface area contributed by atoms with Crippen molar-refractivity contribution < 1.29 is 23.5 Å². The molecule has 2 aliphatic rings. The van der Waals surface area contributed by atoms with E-state index in [1.165, 1.54) is 16.5 Å². The van der Waals surface area contributed by atoms with Gasteiger partial charge in [-0.25, -0.2) is 4.39 Å². The summed E-state index contributed by atoms with van der Waals surface area (Å²) < 4.78 is 18.9. The molecule has 0 saturated carbocycles. The first-order valence-corrected chi connectivity index (χ1v) is 13.1. The maximum atomic E-state index is 14.0. The van der Waals surface area contributed by atoms with Gasteiger partial charge >= 0.3 is 5.97 Å². The minimum Gasteiger partial charge on any atom is -0.466 e. The Morgan fingerprint density at radius 1 is 1.00 bits per heavy atom. The van der Waals surface area contributed by atoms with Gasteiger partial charge in [-0.2, -0.15) is 0 Å². The van der Waals surface area contributed by atoms with Crippen molar-refractivity contribution in [2.45, 2.75) is 38.6 Å². The van der Waals surface area contributed by atoms with Crippen LogP contribution >= 0.6 is 11.3 Å². The number of benzene rings is 1. The number of esters is 1. The standard InChI is InChI=1S/C26H32FN3O4S/c1-2-34-25(33)7-6-23(31)28-13-15-29(16-14-28)24(32)9-12-30-11-8-22-21(10-17-35-22)26(30)19-4-3-5-20(27)18-19/h3-5,10,17-18,26H,2,6-9,11-16H2,1H3/t26-/m1/s1. The number of hydrogen-bond donors (Lipinski definition) is 0. The van der Waals surface area contributed by atoms with Gasteiger partial charge in [0, 0.05) is 57.0 Å². The molecule has 9 heteroatoms. The molecule has 0 unspecified atom stereocenters. The number of carbonyl (C=O) groups is 3. The van der Waals surface area contributed by atoms with Crippen LogP contribution in [0.25, 0.3) is 0 Å². The number of fused-ring (bicyclic) bond motifs is 1. The molecule has 3 heterocycles. The molecule has 0 radical (unpaired) electrons. The lowest BCUT2D eigenvalue weighted by Crippen LogP contribution is -2.51. The molecule has 1 fully saturated rings. The zero-order valence-corrected chi connectivity index (χ0v) is 20.9. The third kappa shape index (κ3) is 6.27. The summed E-state index contributed by atoms with van der Waals surface area (Å²) in [6, 6.07) is 8.79. The smallest absolute Gasteiger partial charge is 0.306 e. The van der Waals surface area contributed by atoms with Crippen molar-refractivity contribution in [2.75, 3.05) is 45.9 Å². The van der Waals surface area contributed by atoms with Gasteiger partial charge in [-0.05, 0) is 48.1 Å². The minimum atomic E-state index is -0.363. The van der Waals surface area contributed by atoms with E-state index in [0.29, 0.717) is 45.8 Å². The summed E-state index contributed by atoms with van der Waals surface area (Å²) in [5.74, 6) is -0.630. The third-order valence-corrected chi connectivity index (χ3v) is 7.67. The van der Waals surface area contributed by atoms with E-state index in [2.05, 4.69) is 16.3 Å². The number of carbonyl (C=O) groups excluding carboxylic acids is 3. The van der Waals surface area contributed by atoms with E-state index in [-0.39, 0.29) is 42.5 Å². The number of ether oxygens (including phenoxy) is 1. The summed E-state index contributed by atoms with van der Waals surface area (Å²) in [6.07, 6.45) is 1.52. The molecule has 1 atom stereocenters. The largest absolute Gasteiger partial charge is 0.466 e. The molecule has 1 aromatic heterocycles. The highest BCUT2D eigenvalue weighted by Gasteiger charge is 2.31. The van der Waals surface area contributed by atoms with Crippen molar-refractivity contribution in [1.82, 2.24) is 14.7 Å². The van der Waals surface area contributed by atoms with E-state index in [1.807, 2.05) is 11.0 Å². The molecule has 0 bridgehead atoms. The third-order valence-electron chi connectivity index (χ3n) is 6.68. The monoisotopic (exact) mass is 501 g/mol. The van der Waals surface area contributed by atoms with Crippen LogP contribution in [0, 0.1) is 5.82 Å². The summed E-state index contributed by atoms with van der Waals surface area (Å²) in [4.78, 5) is 44.0. The van der Waals surface area contributed by atoms with Crippen LogP contribution in [0.4, 0.5) is 4.39 Å². The van der Waals surface area contributed by atoms with E-state index in [0.717, 1.165) is 18.5 Å². The molecule has 2 aliphatic heterocycles. The number of thiophene rings is 1. The van der Waals surface area contributed by atoms with Gasteiger partial charge in [-0.15, -0.1) is 11.3 Å². The fourth-order valence-corrected chi connectivity index (χ4v) is 5.78. The fraction of sp³-hybridized carbons (Fsp3) is 0.500. The van der Waals surface area contributed by atoms with Crippen molar-refractivity contribution in [3.05, 3.63) is 57.5 Å². The van der Waals surface area contributed by atoms with Gasteiger partial charge in [0.15, 0.2) is 0 Å². The van der Waals surface area contributed by atoms with E-state index in [1.54, 1.807) is 35.3 Å². The highest BCUT2D eigenvalue weighted by atomic mass is 32.1. The second-order valence-corrected chi connectivity index (χ2v) is 9.86. The van der Waals surface area contributed by atoms with E-state index in [9.17, 15) is 18.8 Å². The van der Waals surface area contributed by atoms with Crippen LogP contribution < -0.4 is 0 Å². The van der Waals surface area contributed by atoms with Crippen molar-refractivity contribution in [3.63, 3.8) is 0 Å². The van der Waals surface area contributed by atoms with Crippen molar-refractivity contribution in [2.24, 2.45) is 0 Å². The second-order valence-electron chi connectivity index (χ2n) is 8.86. The number of piperazine rings is 1. The average Bonchev–Trinajstić information content (AvgIpc) is 3.34. The number of halogens is 1. The first-order chi connectivity index (χ1) is 17.0. The summed E-state index contributed by atoms with van der Waals surface area (Å²) in [5, 5.41) is 2.08. The Hall–Kier alpha value is -2.78. The summed E-state index contributed by atoms with van der Waals surface area (Å²) in [5.41, 5.74) is 2.11. The predicted molar refractivity (Wildman–Crippen MR) is 131 cm³/mol. The van der Waals surface area contributed by atoms with Crippen molar-refractivity contribution in [1.29, 1.82) is 0 Å². The van der Waals surface area contributed by atoms with E-state index in [4.69, 9.17) is 4.74 Å². The molecule has 1 aromatic carbocycles. The van der Waals surface area contributed by atoms with E-state index >= 15 is 0 Å². The van der Waals surface area contributed by atoms with Crippen LogP contribution in [0.15, 0.2) is 35.7 Å². The minimum absolute atomic E-state index is 0.0534. The normalized spacial score (nSPS) is 18.3. The Labute approximate surface area is 209 Å². The van der Waals surface area contributed by atoms with Gasteiger partial charge in [0.1, 0.15) is 5.82 Å². The molecule has 2 aromatic rings. The topological polar surface area (TPSA) is 70.2 Å². The highest BCUT2D eigenvalue weighted by molar-refractivity contribution is 7.10. The van der Waals surface area contributed by atoms with Crippen LogP contribution in [0.2, 0.25) is 0 Å². The molecule has 2 amide bonds. The SMILES string of the molecule is CCOC(=O)CCC(=O)N1CCN(C(=O)CCN2CCc3sccc3[C@H]2c2cccc(F)c2)CC1. The first kappa shape index (κ1) is 25.3. The fourth-order valence-electron chi connectivity index (χ4n) is 4.88. The van der Waals surface area contributed by atoms with Crippen molar-refractivity contribution in [3.8, 4) is 0 Å². The molecule has 35 heavy (non-hydrogen) atoms. The van der Waals surface area contributed by atoms with Crippen molar-refractivity contribution >= 4 is 29.1 Å². The maximum absolute atomic E-state index is 14.0. The van der Waals surface area contributed by atoms with Gasteiger partial charge in [-0.3, -0.25) is 19.3 Å². The highest BCUT2D eigenvalue weighted by Crippen LogP contribution is 2.38. The Morgan fingerprint density at radius 3 is 2.40 bits per heavy atom. The van der Waals surface area contributed by atoms with Crippen LogP contribution in [0.1, 0.15) is 48.2 Å². The molecule has 7 nitrogen and oxygen atoms in total. The van der Waals surface area contributed by atoms with Gasteiger partial charge in [-0.1, -0.05) is 12.1 Å². The maximum Gasteiger partial charge on any atom is 0.306 e. The van der Waals surface area contributed by atoms with Gasteiger partial charge in [0.25, 0.3) is 0 Å². The number of hydrogen-bond acceptors (Lipinski definition) is 6. The van der Waals surface area contributed by atoms with Crippen LogP contribution in [0.3, 0.4) is 0 Å². The van der Waals surface area contributed by atoms with Gasteiger partial charge in [0.2, 0.25) is 11.8 Å². The summed E-state index contributed by atoms with van der Waals surface area (Å²) >= 11 is 1.73. The molecule has 4 rings (SSSR count). The Morgan fingerprint density at radius 2 is 1.71 bits per heavy atom. The Bertz CT molecular complexity index is 1050. The number of rotatable bonds is 8. The zero-order valence-electron chi connectivity index (χ0n) is 20.1. The zero-order chi connectivity index (χ0) is 24.8. The lowest BCUT2D eigenvalue weighted by Gasteiger charge is -2.38. The number of nitrogens with zero attached hydrogens (tertiary/aromatic N) is 3. The molecule has 1 saturated heterocycles. The lowest BCUT2D eigenvalue weighted by molar-refractivity contribution is -0.146. The quantitative estimate of drug-likeness (QED) is 0.520. The molecule has 188 valence electrons. The molecule has 0 spiro atoms. The summed E-state index contributed by atoms with van der Waals surface area (Å²) in [6.45, 7) is 5.39. The van der Waals surface area contributed by atoms with Gasteiger partial charge < -0.3 is 14.5 Å². The molecule has 0 N–H and O–H groups in total. The predicted octanol–water partition coefficient (Wildman–Crippen LogP) is 3.24. The van der Waals surface area contributed by atoms with Gasteiger partial charge in [0.05, 0.1) is 19.1 Å². The summed E-state index contributed by atoms with van der Waals surface area (Å²) in [7, 11) is 0. The Balaban J connectivity index is 1.30. The Kier molecular flexibility index (Phi) is 8.51. The lowest BCUT2D eigenvalue weighted by atomic mass is 9.93. The second kappa shape index (κ2) is 11.8. The van der Waals surface area contributed by atoms with E-state index < -0.39 is 0 Å².